The monoisotopic (exact) mass is 287 g/mol. The van der Waals surface area contributed by atoms with Crippen molar-refractivity contribution in [2.24, 2.45) is 0 Å². The predicted molar refractivity (Wildman–Crippen MR) is 67.3 cm³/mol. The summed E-state index contributed by atoms with van der Waals surface area (Å²) in [7, 11) is 1.19. The summed E-state index contributed by atoms with van der Waals surface area (Å²) in [4.78, 5) is 12.0. The highest BCUT2D eigenvalue weighted by atomic mass is 19.4. The van der Waals surface area contributed by atoms with Gasteiger partial charge in [0.1, 0.15) is 5.54 Å². The lowest BCUT2D eigenvalue weighted by molar-refractivity contribution is -0.154. The molecule has 2 rings (SSSR count). The normalized spacial score (nSPS) is 22.2. The van der Waals surface area contributed by atoms with Crippen molar-refractivity contribution >= 4 is 5.97 Å². The summed E-state index contributed by atoms with van der Waals surface area (Å²) in [6.45, 7) is -1.20. The molecule has 1 aromatic carbocycles. The van der Waals surface area contributed by atoms with Crippen molar-refractivity contribution < 1.29 is 22.7 Å². The molecule has 0 amide bonds. The summed E-state index contributed by atoms with van der Waals surface area (Å²) in [6, 6.07) is 7.46. The van der Waals surface area contributed by atoms with Crippen LogP contribution < -0.4 is 5.32 Å². The van der Waals surface area contributed by atoms with Crippen molar-refractivity contribution in [3.63, 3.8) is 0 Å². The van der Waals surface area contributed by atoms with Gasteiger partial charge in [0.05, 0.1) is 13.7 Å². The SMILES string of the molecule is COC(=O)C1(NCC(F)(F)F)CCc2ccccc2C1. The number of alkyl halides is 3. The van der Waals surface area contributed by atoms with E-state index in [0.717, 1.165) is 11.1 Å². The second kappa shape index (κ2) is 5.44. The van der Waals surface area contributed by atoms with Crippen LogP contribution in [0.15, 0.2) is 24.3 Å². The highest BCUT2D eigenvalue weighted by molar-refractivity contribution is 5.81. The Bertz CT molecular complexity index is 501. The van der Waals surface area contributed by atoms with Crippen LogP contribution >= 0.6 is 0 Å². The minimum atomic E-state index is -4.36. The molecule has 0 spiro atoms. The van der Waals surface area contributed by atoms with Crippen LogP contribution in [0.25, 0.3) is 0 Å². The molecule has 3 nitrogen and oxygen atoms in total. The summed E-state index contributed by atoms with van der Waals surface area (Å²) in [6.07, 6.45) is -3.30. The molecule has 1 unspecified atom stereocenters. The zero-order valence-corrected chi connectivity index (χ0v) is 11.1. The maximum Gasteiger partial charge on any atom is 0.401 e. The van der Waals surface area contributed by atoms with E-state index in [2.05, 4.69) is 5.32 Å². The molecular formula is C14H16F3NO2. The van der Waals surface area contributed by atoms with Crippen LogP contribution in [0.2, 0.25) is 0 Å². The first kappa shape index (κ1) is 14.8. The minimum absolute atomic E-state index is 0.214. The van der Waals surface area contributed by atoms with Crippen molar-refractivity contribution in [2.45, 2.75) is 31.0 Å². The Morgan fingerprint density at radius 3 is 2.60 bits per heavy atom. The summed E-state index contributed by atoms with van der Waals surface area (Å²) in [5.41, 5.74) is 0.665. The summed E-state index contributed by atoms with van der Waals surface area (Å²) >= 11 is 0. The Morgan fingerprint density at radius 1 is 1.35 bits per heavy atom. The number of aryl methyl sites for hydroxylation is 1. The van der Waals surface area contributed by atoms with Crippen LogP contribution in [0.5, 0.6) is 0 Å². The Morgan fingerprint density at radius 2 is 2.00 bits per heavy atom. The Labute approximate surface area is 115 Å². The van der Waals surface area contributed by atoms with E-state index in [9.17, 15) is 18.0 Å². The van der Waals surface area contributed by atoms with Crippen molar-refractivity contribution in [1.82, 2.24) is 5.32 Å². The molecule has 0 saturated carbocycles. The maximum atomic E-state index is 12.4. The van der Waals surface area contributed by atoms with Gasteiger partial charge in [-0.1, -0.05) is 24.3 Å². The fraction of sp³-hybridized carbons (Fsp3) is 0.500. The predicted octanol–water partition coefficient (Wildman–Crippen LogP) is 2.24. The molecule has 1 N–H and O–H groups in total. The van der Waals surface area contributed by atoms with Crippen LogP contribution in [0.1, 0.15) is 17.5 Å². The van der Waals surface area contributed by atoms with Gasteiger partial charge in [-0.2, -0.15) is 13.2 Å². The van der Waals surface area contributed by atoms with Gasteiger partial charge in [-0.25, -0.2) is 0 Å². The highest BCUT2D eigenvalue weighted by Gasteiger charge is 2.44. The van der Waals surface area contributed by atoms with E-state index in [-0.39, 0.29) is 6.42 Å². The molecule has 20 heavy (non-hydrogen) atoms. The molecule has 0 bridgehead atoms. The number of carbonyl (C=O) groups excluding carboxylic acids is 1. The lowest BCUT2D eigenvalue weighted by atomic mass is 9.78. The van der Waals surface area contributed by atoms with Gasteiger partial charge in [-0.05, 0) is 24.0 Å². The first-order valence-corrected chi connectivity index (χ1v) is 6.33. The number of benzene rings is 1. The molecule has 1 aromatic rings. The van der Waals surface area contributed by atoms with Crippen LogP contribution in [-0.4, -0.2) is 31.3 Å². The molecule has 1 aliphatic carbocycles. The minimum Gasteiger partial charge on any atom is -0.468 e. The van der Waals surface area contributed by atoms with Crippen LogP contribution in [-0.2, 0) is 22.4 Å². The third-order valence-corrected chi connectivity index (χ3v) is 3.64. The lowest BCUT2D eigenvalue weighted by Crippen LogP contribution is -2.58. The summed E-state index contributed by atoms with van der Waals surface area (Å²) in [5.74, 6) is -0.642. The maximum absolute atomic E-state index is 12.4. The van der Waals surface area contributed by atoms with Crippen molar-refractivity contribution in [3.8, 4) is 0 Å². The van der Waals surface area contributed by atoms with E-state index >= 15 is 0 Å². The molecule has 0 aromatic heterocycles. The average Bonchev–Trinajstić information content (AvgIpc) is 2.43. The van der Waals surface area contributed by atoms with E-state index in [0.29, 0.717) is 12.8 Å². The summed E-state index contributed by atoms with van der Waals surface area (Å²) < 4.78 is 42.0. The number of ether oxygens (including phenoxy) is 1. The molecular weight excluding hydrogens is 271 g/mol. The van der Waals surface area contributed by atoms with Crippen molar-refractivity contribution in [2.75, 3.05) is 13.7 Å². The van der Waals surface area contributed by atoms with Crippen molar-refractivity contribution in [3.05, 3.63) is 35.4 Å². The number of hydrogen-bond donors (Lipinski definition) is 1. The smallest absolute Gasteiger partial charge is 0.401 e. The largest absolute Gasteiger partial charge is 0.468 e. The first-order valence-electron chi connectivity index (χ1n) is 6.33. The van der Waals surface area contributed by atoms with E-state index in [4.69, 9.17) is 4.74 Å². The van der Waals surface area contributed by atoms with Gasteiger partial charge in [0.15, 0.2) is 0 Å². The third kappa shape index (κ3) is 3.12. The second-order valence-corrected chi connectivity index (χ2v) is 4.99. The van der Waals surface area contributed by atoms with Gasteiger partial charge in [0.25, 0.3) is 0 Å². The Balaban J connectivity index is 2.24. The zero-order valence-electron chi connectivity index (χ0n) is 11.1. The Kier molecular flexibility index (Phi) is 4.04. The van der Waals surface area contributed by atoms with Gasteiger partial charge in [0.2, 0.25) is 0 Å². The Hall–Kier alpha value is -1.56. The molecule has 6 heteroatoms. The number of rotatable bonds is 3. The molecule has 0 saturated heterocycles. The number of esters is 1. The fourth-order valence-corrected chi connectivity index (χ4v) is 2.60. The van der Waals surface area contributed by atoms with E-state index in [1.165, 1.54) is 7.11 Å². The van der Waals surface area contributed by atoms with Gasteiger partial charge in [0, 0.05) is 6.42 Å². The molecule has 0 radical (unpaired) electrons. The number of halogens is 3. The van der Waals surface area contributed by atoms with E-state index in [1.54, 1.807) is 0 Å². The quantitative estimate of drug-likeness (QED) is 0.867. The van der Waals surface area contributed by atoms with Crippen LogP contribution in [0.3, 0.4) is 0 Å². The molecule has 1 atom stereocenters. The van der Waals surface area contributed by atoms with Crippen molar-refractivity contribution in [1.29, 1.82) is 0 Å². The third-order valence-electron chi connectivity index (χ3n) is 3.64. The molecule has 0 heterocycles. The number of methoxy groups -OCH3 is 1. The first-order chi connectivity index (χ1) is 9.36. The second-order valence-electron chi connectivity index (χ2n) is 4.99. The van der Waals surface area contributed by atoms with Gasteiger partial charge in [-0.3, -0.25) is 10.1 Å². The van der Waals surface area contributed by atoms with Crippen LogP contribution in [0.4, 0.5) is 13.2 Å². The number of nitrogens with one attached hydrogen (secondary N) is 1. The molecule has 110 valence electrons. The van der Waals surface area contributed by atoms with E-state index in [1.807, 2.05) is 24.3 Å². The number of fused-ring (bicyclic) bond motifs is 1. The topological polar surface area (TPSA) is 38.3 Å². The number of carbonyl (C=O) groups is 1. The average molecular weight is 287 g/mol. The van der Waals surface area contributed by atoms with Crippen LogP contribution in [0, 0.1) is 0 Å². The summed E-state index contributed by atoms with van der Waals surface area (Å²) in [5, 5.41) is 2.37. The molecule has 0 fully saturated rings. The molecule has 0 aliphatic heterocycles. The fourth-order valence-electron chi connectivity index (χ4n) is 2.60. The zero-order chi connectivity index (χ0) is 14.8. The lowest BCUT2D eigenvalue weighted by Gasteiger charge is -2.36. The standard InChI is InChI=1S/C14H16F3NO2/c1-20-12(19)13(18-9-14(15,16)17)7-6-10-4-2-3-5-11(10)8-13/h2-5,18H,6-9H2,1H3. The molecule has 1 aliphatic rings. The van der Waals surface area contributed by atoms with E-state index < -0.39 is 24.2 Å². The number of hydrogen-bond acceptors (Lipinski definition) is 3. The van der Waals surface area contributed by atoms with Gasteiger partial charge in [-0.15, -0.1) is 0 Å². The highest BCUT2D eigenvalue weighted by Crippen LogP contribution is 2.30. The van der Waals surface area contributed by atoms with Gasteiger partial charge < -0.3 is 4.74 Å². The van der Waals surface area contributed by atoms with Gasteiger partial charge >= 0.3 is 12.1 Å².